The Morgan fingerprint density at radius 3 is 2.37 bits per heavy atom. The smallest absolute Gasteiger partial charge is 0.255 e. The third kappa shape index (κ3) is 3.43. The van der Waals surface area contributed by atoms with Crippen LogP contribution < -0.4 is 5.73 Å². The normalized spacial score (nSPS) is 28.3. The zero-order valence-electron chi connectivity index (χ0n) is 19.9. The van der Waals surface area contributed by atoms with Crippen LogP contribution in [0.15, 0.2) is 41.0 Å². The van der Waals surface area contributed by atoms with Crippen LogP contribution >= 0.6 is 0 Å². The summed E-state index contributed by atoms with van der Waals surface area (Å²) in [4.78, 5) is 42.2. The number of amides is 1. The topological polar surface area (TPSA) is 165 Å². The molecular formula is C25H29N3O7. The number of nitrogens with zero attached hydrogens (tertiary/aromatic N) is 2. The predicted octanol–water partition coefficient (Wildman–Crippen LogP) is 0.653. The number of aromatic hydroxyl groups is 1. The molecule has 35 heavy (non-hydrogen) atoms. The minimum Gasteiger partial charge on any atom is -0.510 e. The first-order valence-electron chi connectivity index (χ1n) is 11.2. The van der Waals surface area contributed by atoms with Gasteiger partial charge in [-0.15, -0.1) is 0 Å². The Morgan fingerprint density at radius 1 is 1.14 bits per heavy atom. The number of aliphatic hydroxyl groups excluding tert-OH is 2. The van der Waals surface area contributed by atoms with Gasteiger partial charge in [0.25, 0.3) is 5.91 Å². The van der Waals surface area contributed by atoms with Gasteiger partial charge < -0.3 is 31.1 Å². The molecule has 10 nitrogen and oxygen atoms in total. The molecule has 0 saturated heterocycles. The van der Waals surface area contributed by atoms with E-state index < -0.39 is 58.0 Å². The number of rotatable bonds is 4. The highest BCUT2D eigenvalue weighted by molar-refractivity contribution is 6.24. The van der Waals surface area contributed by atoms with Crippen molar-refractivity contribution in [3.63, 3.8) is 0 Å². The summed E-state index contributed by atoms with van der Waals surface area (Å²) in [7, 11) is 6.87. The molecule has 0 bridgehead atoms. The minimum absolute atomic E-state index is 0.00770. The monoisotopic (exact) mass is 483 g/mol. The van der Waals surface area contributed by atoms with Crippen molar-refractivity contribution in [3.05, 3.63) is 57.7 Å². The molecule has 4 rings (SSSR count). The Bertz CT molecular complexity index is 1240. The number of phenols is 1. The molecule has 0 unspecified atom stereocenters. The molecule has 3 aliphatic rings. The second kappa shape index (κ2) is 8.24. The van der Waals surface area contributed by atoms with Crippen LogP contribution in [0.3, 0.4) is 0 Å². The molecule has 0 saturated carbocycles. The minimum atomic E-state index is -2.64. The van der Waals surface area contributed by atoms with Crippen molar-refractivity contribution in [1.29, 1.82) is 0 Å². The summed E-state index contributed by atoms with van der Waals surface area (Å²) >= 11 is 0. The number of nitrogens with two attached hydrogens (primary N) is 1. The lowest BCUT2D eigenvalue weighted by atomic mass is 9.58. The summed E-state index contributed by atoms with van der Waals surface area (Å²) in [5.41, 5.74) is 2.99. The molecule has 1 aromatic rings. The third-order valence-corrected chi connectivity index (χ3v) is 7.19. The summed E-state index contributed by atoms with van der Waals surface area (Å²) < 4.78 is 0. The number of Topliss-reactive ketones (excluding diaryl/α,β-unsaturated/α-hetero) is 2. The van der Waals surface area contributed by atoms with Crippen LogP contribution in [0.1, 0.15) is 27.9 Å². The summed E-state index contributed by atoms with van der Waals surface area (Å²) in [5, 5.41) is 44.1. The Labute approximate surface area is 202 Å². The quantitative estimate of drug-likeness (QED) is 0.387. The van der Waals surface area contributed by atoms with Crippen LogP contribution in [0.2, 0.25) is 0 Å². The number of hydrogen-bond donors (Lipinski definition) is 5. The van der Waals surface area contributed by atoms with Crippen LogP contribution in [0.25, 0.3) is 6.08 Å². The van der Waals surface area contributed by atoms with Gasteiger partial charge >= 0.3 is 0 Å². The molecule has 0 radical (unpaired) electrons. The van der Waals surface area contributed by atoms with E-state index in [1.807, 2.05) is 19.0 Å². The van der Waals surface area contributed by atoms with Gasteiger partial charge in [0.05, 0.1) is 11.6 Å². The summed E-state index contributed by atoms with van der Waals surface area (Å²) in [5.74, 6) is -6.59. The summed E-state index contributed by atoms with van der Waals surface area (Å²) in [6.07, 6.45) is 3.91. The first-order valence-corrected chi connectivity index (χ1v) is 11.2. The van der Waals surface area contributed by atoms with Gasteiger partial charge in [0.15, 0.2) is 11.4 Å². The second-order valence-electron chi connectivity index (χ2n) is 9.77. The zero-order valence-corrected chi connectivity index (χ0v) is 19.9. The number of carbonyl (C=O) groups excluding carboxylic acids is 3. The predicted molar refractivity (Wildman–Crippen MR) is 126 cm³/mol. The van der Waals surface area contributed by atoms with Gasteiger partial charge in [0, 0.05) is 25.6 Å². The van der Waals surface area contributed by atoms with Gasteiger partial charge in [0.1, 0.15) is 22.8 Å². The summed E-state index contributed by atoms with van der Waals surface area (Å²) in [6, 6.07) is 2.05. The molecule has 0 heterocycles. The van der Waals surface area contributed by atoms with Crippen molar-refractivity contribution in [1.82, 2.24) is 9.80 Å². The SMILES string of the molecule is CN(C)/C=C/c1ccc(O)c2c1C[C@H]1C[C@H]3[C@@H](N(C)C)C(O)=C(C(N)=O)C(=O)[C@@]3(O)C(O)=C1C2=O. The summed E-state index contributed by atoms with van der Waals surface area (Å²) in [6.45, 7) is 0. The first kappa shape index (κ1) is 24.5. The van der Waals surface area contributed by atoms with Crippen LogP contribution in [0, 0.1) is 11.8 Å². The van der Waals surface area contributed by atoms with Gasteiger partial charge in [0.2, 0.25) is 5.78 Å². The van der Waals surface area contributed by atoms with E-state index in [4.69, 9.17) is 5.73 Å². The Balaban J connectivity index is 1.94. The van der Waals surface area contributed by atoms with E-state index in [2.05, 4.69) is 0 Å². The maximum atomic E-state index is 13.6. The number of carbonyl (C=O) groups is 3. The number of fused-ring (bicyclic) bond motifs is 3. The highest BCUT2D eigenvalue weighted by atomic mass is 16.3. The number of aliphatic hydroxyl groups is 3. The van der Waals surface area contributed by atoms with Crippen LogP contribution in [-0.4, -0.2) is 87.5 Å². The number of ketones is 2. The average Bonchev–Trinajstić information content (AvgIpc) is 2.75. The van der Waals surface area contributed by atoms with E-state index in [9.17, 15) is 34.8 Å². The van der Waals surface area contributed by atoms with Crippen molar-refractivity contribution in [3.8, 4) is 5.75 Å². The maximum absolute atomic E-state index is 13.6. The Kier molecular flexibility index (Phi) is 5.77. The van der Waals surface area contributed by atoms with Crippen LogP contribution in [0.5, 0.6) is 5.75 Å². The second-order valence-corrected chi connectivity index (χ2v) is 9.77. The molecule has 4 atom stereocenters. The maximum Gasteiger partial charge on any atom is 0.255 e. The molecule has 0 aromatic heterocycles. The number of allylic oxidation sites excluding steroid dienone is 1. The van der Waals surface area contributed by atoms with E-state index in [1.54, 1.807) is 32.4 Å². The lowest BCUT2D eigenvalue weighted by molar-refractivity contribution is -0.148. The largest absolute Gasteiger partial charge is 0.510 e. The third-order valence-electron chi connectivity index (χ3n) is 7.19. The molecular weight excluding hydrogens is 454 g/mol. The van der Waals surface area contributed by atoms with Crippen molar-refractivity contribution in [2.75, 3.05) is 28.2 Å². The number of phenolic OH excluding ortho intramolecular Hbond substituents is 1. The lowest BCUT2D eigenvalue weighted by Crippen LogP contribution is -2.63. The van der Waals surface area contributed by atoms with Crippen molar-refractivity contribution in [2.24, 2.45) is 17.6 Å². The highest BCUT2D eigenvalue weighted by Crippen LogP contribution is 2.52. The van der Waals surface area contributed by atoms with E-state index in [0.29, 0.717) is 11.1 Å². The fourth-order valence-electron chi connectivity index (χ4n) is 5.66. The van der Waals surface area contributed by atoms with E-state index >= 15 is 0 Å². The standard InChI is InChI=1S/C25H29N3O7/c1-27(2)8-7-11-5-6-15(29)17-13(11)9-12-10-14-19(28(3)4)21(31)18(24(26)34)23(33)25(14,35)22(32)16(12)20(17)30/h5-8,12,14,19,29,31-32,35H,9-10H2,1-4H3,(H2,26,34)/b8-7+/t12-,14-,19+,25-/m0/s1. The van der Waals surface area contributed by atoms with Crippen molar-refractivity contribution >= 4 is 23.5 Å². The molecule has 1 amide bonds. The van der Waals surface area contributed by atoms with Gasteiger partial charge in [-0.05, 0) is 62.3 Å². The van der Waals surface area contributed by atoms with Gasteiger partial charge in [-0.2, -0.15) is 0 Å². The highest BCUT2D eigenvalue weighted by Gasteiger charge is 2.63. The van der Waals surface area contributed by atoms with Gasteiger partial charge in [-0.1, -0.05) is 6.07 Å². The fourth-order valence-corrected chi connectivity index (χ4v) is 5.66. The van der Waals surface area contributed by atoms with Crippen molar-refractivity contribution in [2.45, 2.75) is 24.5 Å². The Hall–Kier alpha value is -3.63. The van der Waals surface area contributed by atoms with E-state index in [-0.39, 0.29) is 29.7 Å². The molecule has 1 aromatic carbocycles. The lowest BCUT2D eigenvalue weighted by Gasteiger charge is -2.50. The average molecular weight is 484 g/mol. The molecule has 0 fully saturated rings. The number of benzene rings is 1. The number of hydrogen-bond acceptors (Lipinski definition) is 9. The van der Waals surface area contributed by atoms with Crippen LogP contribution in [0.4, 0.5) is 0 Å². The van der Waals surface area contributed by atoms with Crippen molar-refractivity contribution < 1.29 is 34.8 Å². The zero-order chi connectivity index (χ0) is 26.0. The fraction of sp³-hybridized carbons (Fsp3) is 0.400. The Morgan fingerprint density at radius 2 is 1.80 bits per heavy atom. The number of likely N-dealkylation sites (N-methyl/N-ethyl adjacent to an activating group) is 1. The molecule has 10 heteroatoms. The molecule has 3 aliphatic carbocycles. The van der Waals surface area contributed by atoms with E-state index in [0.717, 1.165) is 0 Å². The number of primary amides is 1. The van der Waals surface area contributed by atoms with E-state index in [1.165, 1.54) is 11.0 Å². The molecule has 0 spiro atoms. The molecule has 6 N–H and O–H groups in total. The molecule has 186 valence electrons. The van der Waals surface area contributed by atoms with Gasteiger partial charge in [-0.25, -0.2) is 0 Å². The van der Waals surface area contributed by atoms with Crippen LogP contribution in [-0.2, 0) is 16.0 Å². The van der Waals surface area contributed by atoms with Gasteiger partial charge in [-0.3, -0.25) is 19.3 Å². The first-order chi connectivity index (χ1) is 16.3. The molecule has 0 aliphatic heterocycles.